The number of amides is 1. The maximum Gasteiger partial charge on any atom is 0.408 e. The third kappa shape index (κ3) is 8.30. The second-order valence-electron chi connectivity index (χ2n) is 8.54. The van der Waals surface area contributed by atoms with Gasteiger partial charge in [0.05, 0.1) is 5.54 Å². The highest BCUT2D eigenvalue weighted by Crippen LogP contribution is 2.17. The molecule has 0 radical (unpaired) electrons. The number of anilines is 1. The fourth-order valence-electron chi connectivity index (χ4n) is 3.39. The van der Waals surface area contributed by atoms with E-state index in [1.54, 1.807) is 19.4 Å². The van der Waals surface area contributed by atoms with E-state index in [4.69, 9.17) is 4.74 Å². The molecule has 0 aliphatic carbocycles. The highest BCUT2D eigenvalue weighted by Gasteiger charge is 2.31. The van der Waals surface area contributed by atoms with Crippen molar-refractivity contribution < 1.29 is 9.53 Å². The molecule has 31 heavy (non-hydrogen) atoms. The van der Waals surface area contributed by atoms with Gasteiger partial charge in [-0.15, -0.1) is 24.0 Å². The van der Waals surface area contributed by atoms with Crippen molar-refractivity contribution in [3.8, 4) is 0 Å². The summed E-state index contributed by atoms with van der Waals surface area (Å²) in [7, 11) is 1.79. The molecule has 0 saturated carbocycles. The molecule has 2 N–H and O–H groups in total. The van der Waals surface area contributed by atoms with Crippen molar-refractivity contribution in [3.63, 3.8) is 0 Å². The molecule has 10 heteroatoms. The molecular formula is C21H38IN7O2. The summed E-state index contributed by atoms with van der Waals surface area (Å²) >= 11 is 0. The summed E-state index contributed by atoms with van der Waals surface area (Å²) < 4.78 is 5.46. The predicted octanol–water partition coefficient (Wildman–Crippen LogP) is 2.88. The van der Waals surface area contributed by atoms with Crippen molar-refractivity contribution in [2.24, 2.45) is 4.99 Å². The van der Waals surface area contributed by atoms with Crippen LogP contribution in [0.1, 0.15) is 47.5 Å². The lowest BCUT2D eigenvalue weighted by atomic mass is 9.93. The highest BCUT2D eigenvalue weighted by molar-refractivity contribution is 14.0. The zero-order valence-electron chi connectivity index (χ0n) is 19.6. The number of guanidine groups is 1. The van der Waals surface area contributed by atoms with Crippen molar-refractivity contribution in [2.45, 2.75) is 58.6 Å². The molecule has 2 heterocycles. The van der Waals surface area contributed by atoms with Crippen LogP contribution in [0, 0.1) is 0 Å². The van der Waals surface area contributed by atoms with Gasteiger partial charge in [0.15, 0.2) is 5.96 Å². The molecule has 1 amide bonds. The van der Waals surface area contributed by atoms with Crippen molar-refractivity contribution >= 4 is 42.0 Å². The fourth-order valence-corrected chi connectivity index (χ4v) is 3.39. The number of hydrogen-bond donors (Lipinski definition) is 2. The molecule has 0 atom stereocenters. The zero-order valence-corrected chi connectivity index (χ0v) is 22.0. The molecule has 0 bridgehead atoms. The fraction of sp³-hybridized carbons (Fsp3) is 0.714. The molecule has 1 aromatic heterocycles. The number of nitrogens with zero attached hydrogens (tertiary/aromatic N) is 5. The Morgan fingerprint density at radius 1 is 1.13 bits per heavy atom. The smallest absolute Gasteiger partial charge is 0.408 e. The lowest BCUT2D eigenvalue weighted by molar-refractivity contribution is 0.0448. The van der Waals surface area contributed by atoms with Gasteiger partial charge >= 0.3 is 6.09 Å². The summed E-state index contributed by atoms with van der Waals surface area (Å²) in [5.74, 6) is 1.60. The number of aliphatic imine (C=N–C) groups is 1. The summed E-state index contributed by atoms with van der Waals surface area (Å²) in [5, 5.41) is 6.54. The zero-order chi connectivity index (χ0) is 22.2. The van der Waals surface area contributed by atoms with E-state index in [2.05, 4.69) is 49.2 Å². The molecule has 0 unspecified atom stereocenters. The molecule has 9 nitrogen and oxygen atoms in total. The van der Waals surface area contributed by atoms with Gasteiger partial charge in [0.2, 0.25) is 5.95 Å². The Morgan fingerprint density at radius 3 is 2.19 bits per heavy atom. The number of hydrogen-bond acceptors (Lipinski definition) is 6. The van der Waals surface area contributed by atoms with Crippen LogP contribution in [0.4, 0.5) is 10.7 Å². The van der Waals surface area contributed by atoms with Gasteiger partial charge in [-0.2, -0.15) is 0 Å². The van der Waals surface area contributed by atoms with Crippen LogP contribution in [0.2, 0.25) is 0 Å². The number of piperazine rings is 1. The van der Waals surface area contributed by atoms with E-state index >= 15 is 0 Å². The number of carbonyl (C=O) groups excluding carboxylic acids is 1. The van der Waals surface area contributed by atoms with Crippen LogP contribution in [-0.4, -0.2) is 77.8 Å². The lowest BCUT2D eigenvalue weighted by Gasteiger charge is -2.39. The van der Waals surface area contributed by atoms with E-state index in [1.807, 2.05) is 26.8 Å². The van der Waals surface area contributed by atoms with Gasteiger partial charge in [0.1, 0.15) is 5.60 Å². The topological polar surface area (TPSA) is 95.0 Å². The summed E-state index contributed by atoms with van der Waals surface area (Å²) in [6.07, 6.45) is 4.71. The molecule has 176 valence electrons. The summed E-state index contributed by atoms with van der Waals surface area (Å²) in [4.78, 5) is 29.9. The van der Waals surface area contributed by atoms with Crippen molar-refractivity contribution in [1.29, 1.82) is 0 Å². The van der Waals surface area contributed by atoms with Gasteiger partial charge in [0.25, 0.3) is 0 Å². The number of aromatic nitrogens is 2. The molecule has 1 aromatic rings. The van der Waals surface area contributed by atoms with Crippen LogP contribution in [-0.2, 0) is 4.74 Å². The molecule has 2 rings (SSSR count). The maximum atomic E-state index is 12.4. The molecule has 0 aromatic carbocycles. The van der Waals surface area contributed by atoms with E-state index in [9.17, 15) is 4.79 Å². The van der Waals surface area contributed by atoms with Crippen LogP contribution in [0.3, 0.4) is 0 Å². The van der Waals surface area contributed by atoms with E-state index in [1.165, 1.54) is 0 Å². The Hall–Kier alpha value is -1.85. The first-order chi connectivity index (χ1) is 14.2. The maximum absolute atomic E-state index is 12.4. The molecule has 1 fully saturated rings. The van der Waals surface area contributed by atoms with Gasteiger partial charge in [-0.25, -0.2) is 14.8 Å². The Labute approximate surface area is 203 Å². The monoisotopic (exact) mass is 547 g/mol. The quantitative estimate of drug-likeness (QED) is 0.321. The minimum Gasteiger partial charge on any atom is -0.444 e. The van der Waals surface area contributed by atoms with Gasteiger partial charge in [-0.05, 0) is 39.7 Å². The molecule has 1 aliphatic rings. The van der Waals surface area contributed by atoms with Crippen LogP contribution in [0.25, 0.3) is 0 Å². The SMILES string of the molecule is CCC(CC)(CNC(=NC)N1CCN(c2ncccn2)CC1)NC(=O)OC(C)(C)C.I. The second-order valence-corrected chi connectivity index (χ2v) is 8.54. The minimum atomic E-state index is -0.525. The Bertz CT molecular complexity index is 697. The van der Waals surface area contributed by atoms with E-state index in [0.29, 0.717) is 6.54 Å². The summed E-state index contributed by atoms with van der Waals surface area (Å²) in [5.41, 5.74) is -0.930. The molecule has 1 saturated heterocycles. The van der Waals surface area contributed by atoms with Crippen LogP contribution in [0.15, 0.2) is 23.5 Å². The average molecular weight is 547 g/mol. The van der Waals surface area contributed by atoms with Crippen molar-refractivity contribution in [1.82, 2.24) is 25.5 Å². The number of rotatable bonds is 6. The molecule has 0 spiro atoms. The number of alkyl carbamates (subject to hydrolysis) is 1. The van der Waals surface area contributed by atoms with Gasteiger partial charge in [-0.1, -0.05) is 13.8 Å². The highest BCUT2D eigenvalue weighted by atomic mass is 127. The number of carbonyl (C=O) groups is 1. The summed E-state index contributed by atoms with van der Waals surface area (Å²) in [6.45, 7) is 13.6. The van der Waals surface area contributed by atoms with Crippen LogP contribution >= 0.6 is 24.0 Å². The Balaban J connectivity index is 0.00000480. The third-order valence-electron chi connectivity index (χ3n) is 5.33. The van der Waals surface area contributed by atoms with Gasteiger partial charge < -0.3 is 25.2 Å². The molecule has 1 aliphatic heterocycles. The third-order valence-corrected chi connectivity index (χ3v) is 5.33. The molecular weight excluding hydrogens is 509 g/mol. The first-order valence-corrected chi connectivity index (χ1v) is 10.7. The number of halogens is 1. The van der Waals surface area contributed by atoms with Crippen LogP contribution in [0.5, 0.6) is 0 Å². The van der Waals surface area contributed by atoms with Gasteiger partial charge in [0, 0.05) is 52.2 Å². The minimum absolute atomic E-state index is 0. The Kier molecular flexibility index (Phi) is 10.7. The van der Waals surface area contributed by atoms with Gasteiger partial charge in [-0.3, -0.25) is 4.99 Å². The van der Waals surface area contributed by atoms with E-state index < -0.39 is 11.1 Å². The predicted molar refractivity (Wildman–Crippen MR) is 135 cm³/mol. The second kappa shape index (κ2) is 12.3. The Morgan fingerprint density at radius 2 is 1.71 bits per heavy atom. The number of ether oxygens (including phenoxy) is 1. The normalized spacial score (nSPS) is 15.2. The largest absolute Gasteiger partial charge is 0.444 e. The summed E-state index contributed by atoms with van der Waals surface area (Å²) in [6, 6.07) is 1.82. The average Bonchev–Trinajstić information content (AvgIpc) is 2.73. The number of nitrogens with one attached hydrogen (secondary N) is 2. The van der Waals surface area contributed by atoms with Crippen LogP contribution < -0.4 is 15.5 Å². The lowest BCUT2D eigenvalue weighted by Crippen LogP contribution is -2.59. The first-order valence-electron chi connectivity index (χ1n) is 10.7. The van der Waals surface area contributed by atoms with Crippen molar-refractivity contribution in [3.05, 3.63) is 18.5 Å². The van der Waals surface area contributed by atoms with Crippen molar-refractivity contribution in [2.75, 3.05) is 44.7 Å². The first kappa shape index (κ1) is 27.2. The van der Waals surface area contributed by atoms with E-state index in [0.717, 1.165) is 50.9 Å². The van der Waals surface area contributed by atoms with E-state index in [-0.39, 0.29) is 30.1 Å². The standard InChI is InChI=1S/C21H37N7O2.HI/c1-7-21(8-2,26-19(29)30-20(3,4)5)16-25-17(22-6)27-12-14-28(15-13-27)18-23-10-9-11-24-18;/h9-11H,7-8,12-16H2,1-6H3,(H,22,25)(H,26,29);1H.